The molecule has 0 aliphatic carbocycles. The van der Waals surface area contributed by atoms with Crippen molar-refractivity contribution >= 4 is 10.4 Å². The van der Waals surface area contributed by atoms with Gasteiger partial charge in [0, 0.05) is 13.2 Å². The molecule has 8 heteroatoms. The van der Waals surface area contributed by atoms with Gasteiger partial charge in [0.2, 0.25) is 0 Å². The van der Waals surface area contributed by atoms with Crippen LogP contribution in [-0.2, 0) is 19.3 Å². The van der Waals surface area contributed by atoms with E-state index in [1.807, 2.05) is 13.8 Å². The second kappa shape index (κ2) is 179. The van der Waals surface area contributed by atoms with Gasteiger partial charge in [-0.25, -0.2) is 4.18 Å². The Kier molecular flexibility index (Phi) is 379. The van der Waals surface area contributed by atoms with Gasteiger partial charge in [-0.2, -0.15) is 8.42 Å². The summed E-state index contributed by atoms with van der Waals surface area (Å²) in [5.41, 5.74) is 0. The van der Waals surface area contributed by atoms with E-state index in [1.165, 1.54) is 0 Å². The molecule has 0 atom stereocenters. The van der Waals surface area contributed by atoms with E-state index in [-0.39, 0.29) is 19.8 Å². The Morgan fingerprint density at radius 3 is 0.818 bits per heavy atom. The number of aliphatic hydroxyl groups excluding tert-OH is 2. The van der Waals surface area contributed by atoms with Gasteiger partial charge in [0.15, 0.2) is 0 Å². The van der Waals surface area contributed by atoms with Crippen molar-refractivity contribution in [2.45, 2.75) is 27.2 Å². The largest absolute Gasteiger partial charge is 0.397 e. The Morgan fingerprint density at radius 1 is 0.576 bits per heavy atom. The van der Waals surface area contributed by atoms with Crippen molar-refractivity contribution in [1.82, 2.24) is 0 Å². The fraction of sp³-hybridized carbons (Fsp3) is 0.360. The van der Waals surface area contributed by atoms with Crippen LogP contribution >= 0.6 is 0 Å². The minimum atomic E-state index is -4.19. The molecule has 0 saturated heterocycles. The van der Waals surface area contributed by atoms with E-state index in [0.717, 1.165) is 13.2 Å². The van der Waals surface area contributed by atoms with Crippen LogP contribution in [0.2, 0.25) is 0 Å². The lowest BCUT2D eigenvalue weighted by molar-refractivity contribution is 0.162. The van der Waals surface area contributed by atoms with Crippen LogP contribution in [0.4, 0.5) is 0 Å². The highest BCUT2D eigenvalue weighted by Gasteiger charge is 1.99. The average molecular weight is 501 g/mol. The predicted molar refractivity (Wildman–Crippen MR) is 154 cm³/mol. The highest BCUT2D eigenvalue weighted by atomic mass is 32.3. The highest BCUT2D eigenvalue weighted by molar-refractivity contribution is 7.80. The molecule has 0 saturated carbocycles. The van der Waals surface area contributed by atoms with E-state index in [0.29, 0.717) is 6.42 Å². The molecule has 0 aliphatic heterocycles. The molecule has 0 radical (unpaired) electrons. The lowest BCUT2D eigenvalue weighted by atomic mass is 10.5. The van der Waals surface area contributed by atoms with Crippen LogP contribution < -0.4 is 0 Å². The molecule has 0 fully saturated rings. The third kappa shape index (κ3) is 707. The minimum Gasteiger partial charge on any atom is -0.394 e. The molecule has 204 valence electrons. The van der Waals surface area contributed by atoms with Crippen molar-refractivity contribution < 1.29 is 32.1 Å². The van der Waals surface area contributed by atoms with E-state index in [1.54, 1.807) is 6.92 Å². The van der Waals surface area contributed by atoms with Crippen LogP contribution in [0.1, 0.15) is 27.2 Å². The van der Waals surface area contributed by atoms with Crippen LogP contribution in [0.15, 0.2) is 105 Å². The SMILES string of the molecule is C=C.C=C.C=C.C=C.C=C.C=C.C=C.C=C.CCCOS(=O)(=O)O.CCOCC.OCCO. The topological polar surface area (TPSA) is 113 Å². The number of rotatable bonds is 6. The summed E-state index contributed by atoms with van der Waals surface area (Å²) in [6, 6.07) is 0. The summed E-state index contributed by atoms with van der Waals surface area (Å²) in [5, 5.41) is 15.2. The van der Waals surface area contributed by atoms with Gasteiger partial charge in [-0.1, -0.05) is 6.92 Å². The van der Waals surface area contributed by atoms with Crippen LogP contribution in [0.3, 0.4) is 0 Å². The zero-order valence-corrected chi connectivity index (χ0v) is 22.8. The van der Waals surface area contributed by atoms with Gasteiger partial charge in [0.25, 0.3) is 0 Å². The standard InChI is InChI=1S/C4H10O.C3H8O4S.C2H6O2.8C2H4/c1-3-5-4-2;1-2-3-7-8(4,5)6;3-1-2-4;8*1-2/h3-4H2,1-2H3;2-3H2,1H3,(H,4,5,6);3-4H,1-2H2;8*1-2H2. The fourth-order valence-electron chi connectivity index (χ4n) is 0.393. The Labute approximate surface area is 208 Å². The third-order valence-electron chi connectivity index (χ3n) is 0.945. The van der Waals surface area contributed by atoms with Crippen LogP contribution in [0.5, 0.6) is 0 Å². The maximum Gasteiger partial charge on any atom is 0.397 e. The van der Waals surface area contributed by atoms with E-state index in [2.05, 4.69) is 109 Å². The van der Waals surface area contributed by atoms with Crippen molar-refractivity contribution in [3.8, 4) is 0 Å². The molecule has 0 aromatic heterocycles. The van der Waals surface area contributed by atoms with Crippen molar-refractivity contribution in [3.05, 3.63) is 105 Å². The maximum absolute atomic E-state index is 9.72. The summed E-state index contributed by atoms with van der Waals surface area (Å²) in [6.45, 7) is 55.2. The first-order valence-electron chi connectivity index (χ1n) is 9.30. The van der Waals surface area contributed by atoms with Crippen molar-refractivity contribution in [1.29, 1.82) is 0 Å². The Balaban J connectivity index is -0.0000000192. The number of hydrogen-bond donors (Lipinski definition) is 3. The Bertz CT molecular complexity index is 284. The monoisotopic (exact) mass is 500 g/mol. The summed E-state index contributed by atoms with van der Waals surface area (Å²) >= 11 is 0. The number of hydrogen-bond acceptors (Lipinski definition) is 6. The zero-order valence-electron chi connectivity index (χ0n) is 21.9. The number of aliphatic hydroxyl groups is 2. The summed E-state index contributed by atoms with van der Waals surface area (Å²) in [6.07, 6.45) is 0.569. The molecule has 7 nitrogen and oxygen atoms in total. The molecule has 3 N–H and O–H groups in total. The van der Waals surface area contributed by atoms with Crippen molar-refractivity contribution in [3.63, 3.8) is 0 Å². The smallest absolute Gasteiger partial charge is 0.394 e. The maximum atomic E-state index is 9.72. The van der Waals surface area contributed by atoms with Gasteiger partial charge < -0.3 is 14.9 Å². The van der Waals surface area contributed by atoms with Gasteiger partial charge in [-0.3, -0.25) is 4.55 Å². The van der Waals surface area contributed by atoms with Gasteiger partial charge in [-0.15, -0.1) is 105 Å². The predicted octanol–water partition coefficient (Wildman–Crippen LogP) is 6.65. The lowest BCUT2D eigenvalue weighted by Crippen LogP contribution is -2.03. The molecule has 0 heterocycles. The first-order chi connectivity index (χ1) is 15.9. The Hall–Kier alpha value is -2.33. The van der Waals surface area contributed by atoms with Crippen molar-refractivity contribution in [2.24, 2.45) is 0 Å². The fourth-order valence-corrected chi connectivity index (χ4v) is 0.770. The normalized spacial score (nSPS) is 6.00. The number of ether oxygens (including phenoxy) is 1. The average Bonchev–Trinajstić information content (AvgIpc) is 2.92. The molecular formula is C25H56O7S. The summed E-state index contributed by atoms with van der Waals surface area (Å²) in [5.74, 6) is 0. The van der Waals surface area contributed by atoms with E-state index in [4.69, 9.17) is 19.5 Å². The summed E-state index contributed by atoms with van der Waals surface area (Å²) in [4.78, 5) is 0. The van der Waals surface area contributed by atoms with E-state index >= 15 is 0 Å². The van der Waals surface area contributed by atoms with Gasteiger partial charge >= 0.3 is 10.4 Å². The van der Waals surface area contributed by atoms with E-state index in [9.17, 15) is 8.42 Å². The molecule has 0 aromatic rings. The van der Waals surface area contributed by atoms with Gasteiger partial charge in [0.05, 0.1) is 19.8 Å². The molecule has 0 aromatic carbocycles. The van der Waals surface area contributed by atoms with Crippen LogP contribution in [0.25, 0.3) is 0 Å². The molecular weight excluding hydrogens is 444 g/mol. The molecule has 0 bridgehead atoms. The van der Waals surface area contributed by atoms with E-state index < -0.39 is 10.4 Å². The molecule has 33 heavy (non-hydrogen) atoms. The molecule has 0 amide bonds. The highest BCUT2D eigenvalue weighted by Crippen LogP contribution is 1.86. The molecule has 0 aliphatic rings. The summed E-state index contributed by atoms with van der Waals surface area (Å²) < 4.78 is 36.1. The second-order valence-corrected chi connectivity index (χ2v) is 3.57. The zero-order chi connectivity index (χ0) is 30.2. The molecule has 0 rings (SSSR count). The first kappa shape index (κ1) is 69.8. The third-order valence-corrected chi connectivity index (χ3v) is 1.41. The quantitative estimate of drug-likeness (QED) is 0.276. The van der Waals surface area contributed by atoms with Gasteiger partial charge in [-0.05, 0) is 20.3 Å². The van der Waals surface area contributed by atoms with Crippen LogP contribution in [0, 0.1) is 0 Å². The van der Waals surface area contributed by atoms with Gasteiger partial charge in [0.1, 0.15) is 0 Å². The van der Waals surface area contributed by atoms with Crippen molar-refractivity contribution in [2.75, 3.05) is 33.0 Å². The minimum absolute atomic E-state index is 0.0405. The summed E-state index contributed by atoms with van der Waals surface area (Å²) in [7, 11) is -4.19. The first-order valence-corrected chi connectivity index (χ1v) is 10.7. The molecule has 0 unspecified atom stereocenters. The molecule has 0 spiro atoms. The second-order valence-electron chi connectivity index (χ2n) is 2.48. The van der Waals surface area contributed by atoms with Crippen LogP contribution in [-0.4, -0.2) is 56.2 Å². The lowest BCUT2D eigenvalue weighted by Gasteiger charge is -1.92. The Morgan fingerprint density at radius 2 is 0.788 bits per heavy atom.